The van der Waals surface area contributed by atoms with Crippen LogP contribution in [0.15, 0.2) is 60.8 Å². The molecule has 6 rings (SSSR count). The lowest BCUT2D eigenvalue weighted by atomic mass is 9.83. The number of hydrogen-bond donors (Lipinski definition) is 1. The molecule has 7 nitrogen and oxygen atoms in total. The molecule has 0 radical (unpaired) electrons. The number of ether oxygens (including phenoxy) is 1. The lowest BCUT2D eigenvalue weighted by Gasteiger charge is -2.61. The van der Waals surface area contributed by atoms with Crippen molar-refractivity contribution in [2.75, 3.05) is 39.8 Å². The van der Waals surface area contributed by atoms with E-state index in [0.717, 1.165) is 63.3 Å². The first-order valence-corrected chi connectivity index (χ1v) is 12.4. The minimum Gasteiger partial charge on any atom is -0.465 e. The Morgan fingerprint density at radius 2 is 1.83 bits per heavy atom. The smallest absolute Gasteiger partial charge is 0.337 e. The van der Waals surface area contributed by atoms with Crippen molar-refractivity contribution in [2.24, 2.45) is 0 Å². The summed E-state index contributed by atoms with van der Waals surface area (Å²) in [5, 5.41) is 11.7. The van der Waals surface area contributed by atoms with Gasteiger partial charge in [-0.15, -0.1) is 0 Å². The number of carbonyl (C=O) groups is 1. The van der Waals surface area contributed by atoms with E-state index >= 15 is 0 Å². The largest absolute Gasteiger partial charge is 0.465 e. The molecule has 4 heterocycles. The molecule has 3 fully saturated rings. The summed E-state index contributed by atoms with van der Waals surface area (Å²) in [6.07, 6.45) is 2.57. The number of nitrogens with zero attached hydrogens (tertiary/aromatic N) is 4. The highest BCUT2D eigenvalue weighted by Crippen LogP contribution is 2.40. The monoisotopic (exact) mass is 472 g/mol. The predicted octanol–water partition coefficient (Wildman–Crippen LogP) is 2.53. The molecule has 2 aromatic carbocycles. The van der Waals surface area contributed by atoms with Crippen LogP contribution in [0.3, 0.4) is 0 Å². The number of methoxy groups -OCH3 is 1. The molecule has 3 saturated heterocycles. The molecule has 1 aromatic heterocycles. The normalized spacial score (nSPS) is 24.4. The van der Waals surface area contributed by atoms with E-state index in [1.54, 1.807) is 6.07 Å². The summed E-state index contributed by atoms with van der Waals surface area (Å²) in [5.41, 5.74) is 4.04. The Balaban J connectivity index is 1.17. The van der Waals surface area contributed by atoms with Crippen molar-refractivity contribution >= 4 is 16.9 Å². The third kappa shape index (κ3) is 4.34. The Labute approximate surface area is 205 Å². The van der Waals surface area contributed by atoms with Gasteiger partial charge in [0.2, 0.25) is 0 Å². The van der Waals surface area contributed by atoms with Gasteiger partial charge < -0.3 is 9.84 Å². The molecule has 2 atom stereocenters. The zero-order valence-corrected chi connectivity index (χ0v) is 20.1. The van der Waals surface area contributed by atoms with Gasteiger partial charge in [-0.2, -0.15) is 0 Å². The molecule has 182 valence electrons. The number of aliphatic hydroxyl groups excluding tert-OH is 1. The number of hydrogen-bond acceptors (Lipinski definition) is 7. The second kappa shape index (κ2) is 8.99. The fraction of sp³-hybridized carbons (Fsp3) is 0.429. The Morgan fingerprint density at radius 3 is 2.69 bits per heavy atom. The number of aromatic nitrogens is 1. The second-order valence-corrected chi connectivity index (χ2v) is 10.5. The van der Waals surface area contributed by atoms with Crippen LogP contribution in [0.2, 0.25) is 0 Å². The molecule has 7 heteroatoms. The fourth-order valence-corrected chi connectivity index (χ4v) is 6.45. The van der Waals surface area contributed by atoms with Crippen molar-refractivity contribution in [1.82, 2.24) is 19.7 Å². The van der Waals surface area contributed by atoms with Crippen LogP contribution in [-0.2, 0) is 17.8 Å². The van der Waals surface area contributed by atoms with E-state index < -0.39 is 0 Å². The summed E-state index contributed by atoms with van der Waals surface area (Å²) < 4.78 is 4.90. The summed E-state index contributed by atoms with van der Waals surface area (Å²) in [6, 6.07) is 18.6. The number of para-hydroxylation sites is 1. The summed E-state index contributed by atoms with van der Waals surface area (Å²) in [7, 11) is 1.42. The third-order valence-corrected chi connectivity index (χ3v) is 7.83. The Kier molecular flexibility index (Phi) is 5.81. The number of rotatable bonds is 5. The summed E-state index contributed by atoms with van der Waals surface area (Å²) >= 11 is 0. The second-order valence-electron chi connectivity index (χ2n) is 10.5. The standard InChI is InChI=1S/C28H32N4O3/c1-35-27(34)23-7-4-5-20(9-23)13-30-15-24-11-25(33)16-32(24)28(17-30)18-31(19-28)14-21-10-22-6-2-3-8-26(22)29-12-21/h2-10,12,24-25,33H,11,13-19H2,1H3. The molecule has 3 aromatic rings. The number of aliphatic hydroxyl groups is 1. The lowest BCUT2D eigenvalue weighted by molar-refractivity contribution is -0.118. The predicted molar refractivity (Wildman–Crippen MR) is 134 cm³/mol. The molecule has 2 unspecified atom stereocenters. The molecule has 1 N–H and O–H groups in total. The number of piperazine rings is 1. The molecular formula is C28H32N4O3. The van der Waals surface area contributed by atoms with Gasteiger partial charge in [-0.25, -0.2) is 4.79 Å². The highest BCUT2D eigenvalue weighted by molar-refractivity contribution is 5.89. The van der Waals surface area contributed by atoms with E-state index in [4.69, 9.17) is 4.74 Å². The molecule has 0 saturated carbocycles. The fourth-order valence-electron chi connectivity index (χ4n) is 6.45. The minimum absolute atomic E-state index is 0.0602. The van der Waals surface area contributed by atoms with Crippen LogP contribution in [-0.4, -0.2) is 88.3 Å². The molecular weight excluding hydrogens is 440 g/mol. The SMILES string of the molecule is COC(=O)c1cccc(CN2CC3CC(O)CN3C3(C2)CN(Cc2cnc4ccccc4c2)C3)c1. The number of pyridine rings is 1. The Hall–Kier alpha value is -2.84. The van der Waals surface area contributed by atoms with Crippen LogP contribution in [0.4, 0.5) is 0 Å². The van der Waals surface area contributed by atoms with Crippen LogP contribution in [0.1, 0.15) is 27.9 Å². The van der Waals surface area contributed by atoms with Gasteiger partial charge in [0.1, 0.15) is 0 Å². The van der Waals surface area contributed by atoms with Gasteiger partial charge in [-0.3, -0.25) is 19.7 Å². The number of benzene rings is 2. The number of carbonyl (C=O) groups excluding carboxylic acids is 1. The number of esters is 1. The first-order valence-electron chi connectivity index (χ1n) is 12.4. The highest BCUT2D eigenvalue weighted by atomic mass is 16.5. The molecule has 0 amide bonds. The summed E-state index contributed by atoms with van der Waals surface area (Å²) in [6.45, 7) is 6.33. The Bertz CT molecular complexity index is 1240. The average Bonchev–Trinajstić information content (AvgIpc) is 3.23. The van der Waals surface area contributed by atoms with Crippen molar-refractivity contribution in [3.8, 4) is 0 Å². The molecule has 3 aliphatic heterocycles. The van der Waals surface area contributed by atoms with E-state index in [1.807, 2.05) is 30.5 Å². The van der Waals surface area contributed by atoms with Gasteiger partial charge in [0.15, 0.2) is 0 Å². The highest BCUT2D eigenvalue weighted by Gasteiger charge is 2.55. The van der Waals surface area contributed by atoms with Crippen LogP contribution < -0.4 is 0 Å². The summed E-state index contributed by atoms with van der Waals surface area (Å²) in [4.78, 5) is 24.2. The maximum atomic E-state index is 12.0. The van der Waals surface area contributed by atoms with E-state index in [0.29, 0.717) is 11.6 Å². The van der Waals surface area contributed by atoms with Crippen molar-refractivity contribution in [2.45, 2.75) is 37.2 Å². The minimum atomic E-state index is -0.301. The third-order valence-electron chi connectivity index (χ3n) is 7.83. The maximum absolute atomic E-state index is 12.0. The van der Waals surface area contributed by atoms with E-state index in [2.05, 4.69) is 43.9 Å². The number of likely N-dealkylation sites (tertiary alicyclic amines) is 1. The van der Waals surface area contributed by atoms with Crippen LogP contribution >= 0.6 is 0 Å². The number of β-amino-alcohol motifs (C(OH)–C–C–N with tert-alkyl or cyclic N) is 1. The van der Waals surface area contributed by atoms with Crippen molar-refractivity contribution < 1.29 is 14.6 Å². The summed E-state index contributed by atoms with van der Waals surface area (Å²) in [5.74, 6) is -0.301. The topological polar surface area (TPSA) is 69.1 Å². The lowest BCUT2D eigenvalue weighted by Crippen LogP contribution is -2.77. The van der Waals surface area contributed by atoms with Gasteiger partial charge in [0, 0.05) is 63.4 Å². The molecule has 3 aliphatic rings. The van der Waals surface area contributed by atoms with E-state index in [1.165, 1.54) is 18.1 Å². The molecule has 0 bridgehead atoms. The van der Waals surface area contributed by atoms with E-state index in [9.17, 15) is 9.90 Å². The average molecular weight is 473 g/mol. The molecule has 0 aliphatic carbocycles. The van der Waals surface area contributed by atoms with Gasteiger partial charge in [0.25, 0.3) is 0 Å². The first-order chi connectivity index (χ1) is 17.0. The van der Waals surface area contributed by atoms with Crippen LogP contribution in [0, 0.1) is 0 Å². The maximum Gasteiger partial charge on any atom is 0.337 e. The molecule has 1 spiro atoms. The van der Waals surface area contributed by atoms with E-state index in [-0.39, 0.29) is 17.6 Å². The van der Waals surface area contributed by atoms with Gasteiger partial charge in [0.05, 0.1) is 29.8 Å². The molecule has 35 heavy (non-hydrogen) atoms. The van der Waals surface area contributed by atoms with Crippen LogP contribution in [0.5, 0.6) is 0 Å². The van der Waals surface area contributed by atoms with Crippen molar-refractivity contribution in [3.05, 3.63) is 77.5 Å². The van der Waals surface area contributed by atoms with Gasteiger partial charge in [-0.05, 0) is 41.8 Å². The first kappa shape index (κ1) is 22.6. The van der Waals surface area contributed by atoms with Gasteiger partial charge >= 0.3 is 5.97 Å². The number of fused-ring (bicyclic) bond motifs is 3. The quantitative estimate of drug-likeness (QED) is 0.573. The Morgan fingerprint density at radius 1 is 1.03 bits per heavy atom. The van der Waals surface area contributed by atoms with Crippen molar-refractivity contribution in [1.29, 1.82) is 0 Å². The van der Waals surface area contributed by atoms with Crippen LogP contribution in [0.25, 0.3) is 10.9 Å². The van der Waals surface area contributed by atoms with Gasteiger partial charge in [-0.1, -0.05) is 30.3 Å². The zero-order valence-electron chi connectivity index (χ0n) is 20.1. The van der Waals surface area contributed by atoms with Crippen molar-refractivity contribution in [3.63, 3.8) is 0 Å². The zero-order chi connectivity index (χ0) is 24.0.